The predicted octanol–water partition coefficient (Wildman–Crippen LogP) is 7.60. The van der Waals surface area contributed by atoms with Gasteiger partial charge in [-0.3, -0.25) is 0 Å². The average Bonchev–Trinajstić information content (AvgIpc) is 2.44. The first-order valence-electron chi connectivity index (χ1n) is 8.13. The van der Waals surface area contributed by atoms with Gasteiger partial charge >= 0.3 is 0 Å². The van der Waals surface area contributed by atoms with E-state index in [0.29, 0.717) is 0 Å². The van der Waals surface area contributed by atoms with Crippen molar-refractivity contribution in [2.45, 2.75) is 81.6 Å². The lowest BCUT2D eigenvalue weighted by Gasteiger charge is -1.89. The molecule has 0 aliphatic heterocycles. The molecule has 1 aromatic rings. The SMILES string of the molecule is CC.CC.CC(C)=O.CCCCC.Cc1cccc(Br)c1. The summed E-state index contributed by atoms with van der Waals surface area (Å²) < 4.78 is 1.15. The largest absolute Gasteiger partial charge is 0.300 e. The smallest absolute Gasteiger partial charge is 0.126 e. The van der Waals surface area contributed by atoms with Crippen molar-refractivity contribution in [2.24, 2.45) is 0 Å². The molecule has 0 saturated heterocycles. The van der Waals surface area contributed by atoms with Crippen molar-refractivity contribution in [1.29, 1.82) is 0 Å². The zero-order chi connectivity index (χ0) is 17.7. The maximum Gasteiger partial charge on any atom is 0.126 e. The maximum absolute atomic E-state index is 9.44. The molecule has 0 atom stereocenters. The summed E-state index contributed by atoms with van der Waals surface area (Å²) in [5.74, 6) is 0.167. The number of hydrogen-bond donors (Lipinski definition) is 0. The van der Waals surface area contributed by atoms with Crippen LogP contribution in [0, 0.1) is 6.92 Å². The van der Waals surface area contributed by atoms with Gasteiger partial charge in [-0.1, -0.05) is 94.4 Å². The van der Waals surface area contributed by atoms with Crippen LogP contribution in [-0.2, 0) is 4.79 Å². The number of rotatable bonds is 2. The second-order valence-electron chi connectivity index (χ2n) is 4.06. The Morgan fingerprint density at radius 3 is 1.52 bits per heavy atom. The number of halogens is 1. The van der Waals surface area contributed by atoms with E-state index >= 15 is 0 Å². The maximum atomic E-state index is 9.44. The molecule has 1 aromatic carbocycles. The summed E-state index contributed by atoms with van der Waals surface area (Å²) in [6.07, 6.45) is 4.08. The van der Waals surface area contributed by atoms with Crippen LogP contribution in [-0.4, -0.2) is 5.78 Å². The molecule has 0 amide bonds. The highest BCUT2D eigenvalue weighted by atomic mass is 79.9. The Labute approximate surface area is 142 Å². The molecule has 0 heterocycles. The van der Waals surface area contributed by atoms with Crippen molar-refractivity contribution in [3.05, 3.63) is 34.3 Å². The quantitative estimate of drug-likeness (QED) is 0.530. The summed E-state index contributed by atoms with van der Waals surface area (Å²) in [5, 5.41) is 0. The summed E-state index contributed by atoms with van der Waals surface area (Å²) in [6.45, 7) is 17.6. The van der Waals surface area contributed by atoms with Crippen molar-refractivity contribution in [3.63, 3.8) is 0 Å². The zero-order valence-electron chi connectivity index (χ0n) is 15.7. The molecule has 0 bridgehead atoms. The standard InChI is InChI=1S/C7H7Br.C5H12.C3H6O.2C2H6/c1-6-3-2-4-7(8)5-6;1-3-5-4-2;1-3(2)4;2*1-2/h2-5H,1H3;3-5H2,1-2H3;1-2H3;2*1-2H3. The third-order valence-electron chi connectivity index (χ3n) is 1.69. The zero-order valence-corrected chi connectivity index (χ0v) is 17.3. The topological polar surface area (TPSA) is 17.1 Å². The summed E-state index contributed by atoms with van der Waals surface area (Å²) in [7, 11) is 0. The fourth-order valence-corrected chi connectivity index (χ4v) is 1.47. The van der Waals surface area contributed by atoms with Crippen LogP contribution in [0.15, 0.2) is 28.7 Å². The second-order valence-corrected chi connectivity index (χ2v) is 4.98. The number of hydrogen-bond acceptors (Lipinski definition) is 1. The Morgan fingerprint density at radius 2 is 1.38 bits per heavy atom. The van der Waals surface area contributed by atoms with E-state index in [4.69, 9.17) is 0 Å². The number of unbranched alkanes of at least 4 members (excludes halogenated alkanes) is 2. The molecule has 1 nitrogen and oxygen atoms in total. The lowest BCUT2D eigenvalue weighted by Crippen LogP contribution is -1.69. The van der Waals surface area contributed by atoms with Crippen LogP contribution in [0.3, 0.4) is 0 Å². The number of carbonyl (C=O) groups is 1. The van der Waals surface area contributed by atoms with Gasteiger partial charge in [-0.15, -0.1) is 0 Å². The molecule has 1 rings (SSSR count). The lowest BCUT2D eigenvalue weighted by atomic mass is 10.2. The van der Waals surface area contributed by atoms with Gasteiger partial charge in [0.15, 0.2) is 0 Å². The minimum Gasteiger partial charge on any atom is -0.300 e. The molecule has 21 heavy (non-hydrogen) atoms. The molecule has 2 heteroatoms. The highest BCUT2D eigenvalue weighted by Gasteiger charge is 1.82. The molecule has 0 aliphatic carbocycles. The fourth-order valence-electron chi connectivity index (χ4n) is 0.959. The first-order valence-corrected chi connectivity index (χ1v) is 8.92. The van der Waals surface area contributed by atoms with E-state index in [1.54, 1.807) is 0 Å². The van der Waals surface area contributed by atoms with Crippen LogP contribution in [0.2, 0.25) is 0 Å². The Morgan fingerprint density at radius 1 is 1.00 bits per heavy atom. The van der Waals surface area contributed by atoms with Crippen LogP contribution in [0.1, 0.15) is 80.2 Å². The van der Waals surface area contributed by atoms with E-state index in [0.717, 1.165) is 4.47 Å². The van der Waals surface area contributed by atoms with Gasteiger partial charge in [-0.2, -0.15) is 0 Å². The predicted molar refractivity (Wildman–Crippen MR) is 103 cm³/mol. The third-order valence-corrected chi connectivity index (χ3v) is 2.18. The summed E-state index contributed by atoms with van der Waals surface area (Å²) in [6, 6.07) is 8.21. The second kappa shape index (κ2) is 27.7. The normalized spacial score (nSPS) is 7.33. The molecule has 0 radical (unpaired) electrons. The van der Waals surface area contributed by atoms with Crippen molar-refractivity contribution in [3.8, 4) is 0 Å². The monoisotopic (exact) mass is 360 g/mol. The number of carbonyl (C=O) groups excluding carboxylic acids is 1. The Balaban J connectivity index is -0.0000000975. The molecule has 0 fully saturated rings. The fraction of sp³-hybridized carbons (Fsp3) is 0.632. The first-order chi connectivity index (χ1) is 9.93. The van der Waals surface area contributed by atoms with Gasteiger partial charge in [0, 0.05) is 4.47 Å². The molecule has 0 N–H and O–H groups in total. The van der Waals surface area contributed by atoms with Gasteiger partial charge in [0.2, 0.25) is 0 Å². The minimum absolute atomic E-state index is 0.167. The Bertz CT molecular complexity index is 272. The van der Waals surface area contributed by atoms with Crippen molar-refractivity contribution < 1.29 is 4.79 Å². The minimum atomic E-state index is 0.167. The highest BCUT2D eigenvalue weighted by Crippen LogP contribution is 2.09. The van der Waals surface area contributed by atoms with Crippen molar-refractivity contribution in [1.82, 2.24) is 0 Å². The molecule has 0 aromatic heterocycles. The third kappa shape index (κ3) is 45.2. The summed E-state index contributed by atoms with van der Waals surface area (Å²) in [4.78, 5) is 9.44. The van der Waals surface area contributed by atoms with E-state index in [-0.39, 0.29) is 5.78 Å². The van der Waals surface area contributed by atoms with Gasteiger partial charge in [0.05, 0.1) is 0 Å². The Hall–Kier alpha value is -0.630. The van der Waals surface area contributed by atoms with Gasteiger partial charge in [-0.25, -0.2) is 0 Å². The molecule has 126 valence electrons. The number of ketones is 1. The van der Waals surface area contributed by atoms with Gasteiger partial charge in [0.25, 0.3) is 0 Å². The van der Waals surface area contributed by atoms with Crippen LogP contribution in [0.25, 0.3) is 0 Å². The van der Waals surface area contributed by atoms with Gasteiger partial charge in [-0.05, 0) is 32.9 Å². The number of aryl methyl sites for hydroxylation is 1. The van der Waals surface area contributed by atoms with Gasteiger partial charge < -0.3 is 4.79 Å². The summed E-state index contributed by atoms with van der Waals surface area (Å²) >= 11 is 3.36. The lowest BCUT2D eigenvalue weighted by molar-refractivity contribution is -0.114. The average molecular weight is 361 g/mol. The molecular formula is C19H37BrO. The van der Waals surface area contributed by atoms with Crippen LogP contribution in [0.4, 0.5) is 0 Å². The van der Waals surface area contributed by atoms with E-state index in [2.05, 4.69) is 48.8 Å². The number of benzene rings is 1. The summed E-state index contributed by atoms with van der Waals surface area (Å²) in [5.41, 5.74) is 1.29. The van der Waals surface area contributed by atoms with E-state index in [1.165, 1.54) is 38.7 Å². The van der Waals surface area contributed by atoms with Crippen LogP contribution in [0.5, 0.6) is 0 Å². The van der Waals surface area contributed by atoms with Crippen molar-refractivity contribution >= 4 is 21.7 Å². The number of Topliss-reactive ketones (excluding diaryl/α,β-unsaturated/α-hetero) is 1. The highest BCUT2D eigenvalue weighted by molar-refractivity contribution is 9.10. The molecule has 0 saturated carbocycles. The molecule has 0 aliphatic rings. The van der Waals surface area contributed by atoms with Crippen LogP contribution >= 0.6 is 15.9 Å². The molecule has 0 unspecified atom stereocenters. The van der Waals surface area contributed by atoms with E-state index < -0.39 is 0 Å². The molecular weight excluding hydrogens is 324 g/mol. The van der Waals surface area contributed by atoms with Crippen molar-refractivity contribution in [2.75, 3.05) is 0 Å². The van der Waals surface area contributed by atoms with E-state index in [9.17, 15) is 4.79 Å². The van der Waals surface area contributed by atoms with Gasteiger partial charge in [0.1, 0.15) is 5.78 Å². The first kappa shape index (κ1) is 28.5. The Kier molecular flexibility index (Phi) is 37.6. The van der Waals surface area contributed by atoms with E-state index in [1.807, 2.05) is 39.8 Å². The van der Waals surface area contributed by atoms with Crippen LogP contribution < -0.4 is 0 Å². The molecule has 0 spiro atoms.